The predicted molar refractivity (Wildman–Crippen MR) is 74.6 cm³/mol. The molecule has 102 valence electrons. The molecule has 0 radical (unpaired) electrons. The Morgan fingerprint density at radius 1 is 1.32 bits per heavy atom. The second kappa shape index (κ2) is 7.36. The van der Waals surface area contributed by atoms with Gasteiger partial charge in [0.2, 0.25) is 5.91 Å². The Kier molecular flexibility index (Phi) is 5.79. The summed E-state index contributed by atoms with van der Waals surface area (Å²) < 4.78 is 0. The fraction of sp³-hybridized carbons (Fsp3) is 0.333. The zero-order chi connectivity index (χ0) is 14.3. The molecule has 19 heavy (non-hydrogen) atoms. The lowest BCUT2D eigenvalue weighted by molar-refractivity contribution is -0.138. The molecule has 0 bridgehead atoms. The van der Waals surface area contributed by atoms with Crippen molar-refractivity contribution in [3.8, 4) is 0 Å². The summed E-state index contributed by atoms with van der Waals surface area (Å²) in [5.41, 5.74) is 2.13. The average Bonchev–Trinajstić information content (AvgIpc) is 2.35. The number of hydrogen-bond donors (Lipinski definition) is 2. The number of amides is 1. The van der Waals surface area contributed by atoms with Crippen LogP contribution in [0.25, 0.3) is 6.08 Å². The number of carbonyl (C=O) groups is 2. The molecule has 0 aliphatic carbocycles. The van der Waals surface area contributed by atoms with Crippen molar-refractivity contribution in [2.75, 3.05) is 6.54 Å². The Balaban J connectivity index is 2.38. The van der Waals surface area contributed by atoms with Gasteiger partial charge in [-0.05, 0) is 24.5 Å². The first-order valence-corrected chi connectivity index (χ1v) is 6.21. The third kappa shape index (κ3) is 6.41. The van der Waals surface area contributed by atoms with E-state index in [0.29, 0.717) is 6.54 Å². The Morgan fingerprint density at radius 2 is 1.95 bits per heavy atom. The highest BCUT2D eigenvalue weighted by Gasteiger charge is 2.07. The number of hydrogen-bond acceptors (Lipinski definition) is 2. The van der Waals surface area contributed by atoms with Gasteiger partial charge in [-0.15, -0.1) is 0 Å². The lowest BCUT2D eigenvalue weighted by Crippen LogP contribution is -2.27. The van der Waals surface area contributed by atoms with Crippen molar-refractivity contribution in [3.63, 3.8) is 0 Å². The van der Waals surface area contributed by atoms with Gasteiger partial charge >= 0.3 is 5.97 Å². The van der Waals surface area contributed by atoms with Crippen molar-refractivity contribution in [1.82, 2.24) is 5.32 Å². The number of carboxylic acid groups (broad SMARTS) is 1. The Bertz CT molecular complexity index is 463. The molecule has 1 atom stereocenters. The van der Waals surface area contributed by atoms with Crippen LogP contribution in [0, 0.1) is 12.8 Å². The van der Waals surface area contributed by atoms with Crippen molar-refractivity contribution >= 4 is 18.0 Å². The molecule has 4 nitrogen and oxygen atoms in total. The molecule has 0 saturated carbocycles. The summed E-state index contributed by atoms with van der Waals surface area (Å²) in [4.78, 5) is 22.0. The molecule has 4 heteroatoms. The molecule has 1 rings (SSSR count). The summed E-state index contributed by atoms with van der Waals surface area (Å²) in [6, 6.07) is 7.83. The van der Waals surface area contributed by atoms with Crippen molar-refractivity contribution < 1.29 is 14.7 Å². The SMILES string of the molecule is Cc1ccc(/C=C/C(=O)NCC(C)CC(=O)O)cc1. The topological polar surface area (TPSA) is 66.4 Å². The summed E-state index contributed by atoms with van der Waals surface area (Å²) in [5, 5.41) is 11.3. The summed E-state index contributed by atoms with van der Waals surface area (Å²) >= 11 is 0. The number of benzene rings is 1. The van der Waals surface area contributed by atoms with Gasteiger partial charge in [0.25, 0.3) is 0 Å². The van der Waals surface area contributed by atoms with Crippen LogP contribution in [0.5, 0.6) is 0 Å². The molecule has 2 N–H and O–H groups in total. The van der Waals surface area contributed by atoms with E-state index in [1.807, 2.05) is 31.2 Å². The summed E-state index contributed by atoms with van der Waals surface area (Å²) in [6.45, 7) is 4.16. The molecule has 0 saturated heterocycles. The summed E-state index contributed by atoms with van der Waals surface area (Å²) in [6.07, 6.45) is 3.25. The minimum absolute atomic E-state index is 0.0575. The van der Waals surface area contributed by atoms with E-state index in [4.69, 9.17) is 5.11 Å². The van der Waals surface area contributed by atoms with Crippen LogP contribution in [0.3, 0.4) is 0 Å². The Morgan fingerprint density at radius 3 is 2.53 bits per heavy atom. The van der Waals surface area contributed by atoms with Crippen LogP contribution in [0.1, 0.15) is 24.5 Å². The van der Waals surface area contributed by atoms with Crippen LogP contribution >= 0.6 is 0 Å². The number of carbonyl (C=O) groups excluding carboxylic acids is 1. The van der Waals surface area contributed by atoms with Crippen molar-refractivity contribution in [3.05, 3.63) is 41.5 Å². The van der Waals surface area contributed by atoms with Gasteiger partial charge < -0.3 is 10.4 Å². The van der Waals surface area contributed by atoms with E-state index in [-0.39, 0.29) is 18.2 Å². The molecule has 0 heterocycles. The zero-order valence-corrected chi connectivity index (χ0v) is 11.2. The summed E-state index contributed by atoms with van der Waals surface area (Å²) in [5.74, 6) is -1.14. The van der Waals surface area contributed by atoms with Gasteiger partial charge in [-0.2, -0.15) is 0 Å². The second-order valence-corrected chi connectivity index (χ2v) is 4.69. The third-order valence-electron chi connectivity index (χ3n) is 2.65. The molecule has 0 aromatic heterocycles. The highest BCUT2D eigenvalue weighted by Crippen LogP contribution is 2.05. The first kappa shape index (κ1) is 15.0. The lowest BCUT2D eigenvalue weighted by Gasteiger charge is -2.08. The largest absolute Gasteiger partial charge is 0.481 e. The van der Waals surface area contributed by atoms with Crippen LogP contribution in [-0.4, -0.2) is 23.5 Å². The number of carboxylic acids is 1. The van der Waals surface area contributed by atoms with E-state index >= 15 is 0 Å². The average molecular weight is 261 g/mol. The van der Waals surface area contributed by atoms with E-state index in [1.165, 1.54) is 11.6 Å². The van der Waals surface area contributed by atoms with E-state index in [2.05, 4.69) is 5.32 Å². The number of aryl methyl sites for hydroxylation is 1. The third-order valence-corrected chi connectivity index (χ3v) is 2.65. The van der Waals surface area contributed by atoms with Gasteiger partial charge in [0.1, 0.15) is 0 Å². The highest BCUT2D eigenvalue weighted by atomic mass is 16.4. The number of aliphatic carboxylic acids is 1. The van der Waals surface area contributed by atoms with Gasteiger partial charge in [0.15, 0.2) is 0 Å². The molecule has 1 aromatic rings. The quantitative estimate of drug-likeness (QED) is 0.772. The predicted octanol–water partition coefficient (Wildman–Crippen LogP) is 2.24. The first-order chi connectivity index (χ1) is 8.97. The Labute approximate surface area is 113 Å². The van der Waals surface area contributed by atoms with E-state index in [1.54, 1.807) is 13.0 Å². The first-order valence-electron chi connectivity index (χ1n) is 6.21. The van der Waals surface area contributed by atoms with Crippen LogP contribution in [-0.2, 0) is 9.59 Å². The van der Waals surface area contributed by atoms with E-state index in [9.17, 15) is 9.59 Å². The van der Waals surface area contributed by atoms with Crippen LogP contribution < -0.4 is 5.32 Å². The smallest absolute Gasteiger partial charge is 0.303 e. The van der Waals surface area contributed by atoms with Crippen molar-refractivity contribution in [2.45, 2.75) is 20.3 Å². The van der Waals surface area contributed by atoms with Crippen molar-refractivity contribution in [2.24, 2.45) is 5.92 Å². The molecule has 0 aliphatic rings. The molecule has 0 spiro atoms. The highest BCUT2D eigenvalue weighted by molar-refractivity contribution is 5.91. The van der Waals surface area contributed by atoms with Gasteiger partial charge in [0, 0.05) is 19.0 Å². The second-order valence-electron chi connectivity index (χ2n) is 4.69. The molecule has 1 amide bonds. The maximum atomic E-state index is 11.5. The standard InChI is InChI=1S/C15H19NO3/c1-11-3-5-13(6-4-11)7-8-14(17)16-10-12(2)9-15(18)19/h3-8,12H,9-10H2,1-2H3,(H,16,17)(H,18,19)/b8-7+. The van der Waals surface area contributed by atoms with Crippen LogP contribution in [0.15, 0.2) is 30.3 Å². The molecule has 1 aromatic carbocycles. The maximum Gasteiger partial charge on any atom is 0.303 e. The number of rotatable bonds is 6. The fourth-order valence-electron chi connectivity index (χ4n) is 1.55. The molecule has 0 fully saturated rings. The fourth-order valence-corrected chi connectivity index (χ4v) is 1.55. The van der Waals surface area contributed by atoms with Crippen LogP contribution in [0.4, 0.5) is 0 Å². The summed E-state index contributed by atoms with van der Waals surface area (Å²) in [7, 11) is 0. The molecular weight excluding hydrogens is 242 g/mol. The van der Waals surface area contributed by atoms with Gasteiger partial charge in [-0.25, -0.2) is 0 Å². The zero-order valence-electron chi connectivity index (χ0n) is 11.2. The van der Waals surface area contributed by atoms with Gasteiger partial charge in [-0.3, -0.25) is 9.59 Å². The van der Waals surface area contributed by atoms with Crippen molar-refractivity contribution in [1.29, 1.82) is 0 Å². The molecule has 0 aliphatic heterocycles. The van der Waals surface area contributed by atoms with Gasteiger partial charge in [0.05, 0.1) is 0 Å². The lowest BCUT2D eigenvalue weighted by atomic mass is 10.1. The minimum Gasteiger partial charge on any atom is -0.481 e. The monoisotopic (exact) mass is 261 g/mol. The minimum atomic E-state index is -0.850. The van der Waals surface area contributed by atoms with E-state index < -0.39 is 5.97 Å². The Hall–Kier alpha value is -2.10. The van der Waals surface area contributed by atoms with Crippen LogP contribution in [0.2, 0.25) is 0 Å². The molecular formula is C15H19NO3. The van der Waals surface area contributed by atoms with E-state index in [0.717, 1.165) is 5.56 Å². The normalized spacial score (nSPS) is 12.3. The number of nitrogens with one attached hydrogen (secondary N) is 1. The maximum absolute atomic E-state index is 11.5. The van der Waals surface area contributed by atoms with Gasteiger partial charge in [-0.1, -0.05) is 36.8 Å². The molecule has 1 unspecified atom stereocenters.